The molecule has 0 spiro atoms. The van der Waals surface area contributed by atoms with Gasteiger partial charge in [0.15, 0.2) is 0 Å². The third-order valence-corrected chi connectivity index (χ3v) is 8.01. The second kappa shape index (κ2) is 13.2. The summed E-state index contributed by atoms with van der Waals surface area (Å²) in [5.74, 6) is 0.0308. The van der Waals surface area contributed by atoms with Gasteiger partial charge < -0.3 is 30.2 Å². The predicted octanol–water partition coefficient (Wildman–Crippen LogP) is 3.06. The minimum Gasteiger partial charge on any atom is -0.462 e. The standard InChI is InChI=1S/C32H35N9O4/c1-33-18-29(42)34-12-4-3-7-28-35-17-26(36-28)21-9-8-19-14-23(39-40-24(19)15-21)20-10-11-22-25(16-20)38-30(37-22)27-6-5-13-41(27)31(43)32(44)45-2/h8-11,14-17,27,33H,3-7,12-13,18H2,1-2H3,(H,34,42)(H,35,36)(H,37,38). The molecule has 1 unspecified atom stereocenters. The molecule has 4 heterocycles. The monoisotopic (exact) mass is 609 g/mol. The van der Waals surface area contributed by atoms with Crippen molar-refractivity contribution in [2.24, 2.45) is 0 Å². The summed E-state index contributed by atoms with van der Waals surface area (Å²) in [6.45, 7) is 1.46. The Morgan fingerprint density at radius 1 is 1.02 bits per heavy atom. The van der Waals surface area contributed by atoms with E-state index in [1.807, 2.05) is 48.7 Å². The zero-order chi connectivity index (χ0) is 31.3. The van der Waals surface area contributed by atoms with E-state index in [-0.39, 0.29) is 11.9 Å². The molecule has 0 bridgehead atoms. The summed E-state index contributed by atoms with van der Waals surface area (Å²) >= 11 is 0. The molecule has 5 aromatic rings. The number of carbonyl (C=O) groups is 3. The molecule has 232 valence electrons. The molecule has 13 nitrogen and oxygen atoms in total. The fourth-order valence-corrected chi connectivity index (χ4v) is 5.69. The summed E-state index contributed by atoms with van der Waals surface area (Å²) in [6, 6.07) is 13.6. The highest BCUT2D eigenvalue weighted by Gasteiger charge is 2.35. The summed E-state index contributed by atoms with van der Waals surface area (Å²) in [6.07, 6.45) is 5.92. The molecule has 2 aromatic carbocycles. The zero-order valence-corrected chi connectivity index (χ0v) is 25.2. The Balaban J connectivity index is 1.13. The van der Waals surface area contributed by atoms with Crippen molar-refractivity contribution >= 4 is 39.7 Å². The first-order chi connectivity index (χ1) is 21.9. The van der Waals surface area contributed by atoms with Gasteiger partial charge in [0.2, 0.25) is 5.91 Å². The Morgan fingerprint density at radius 2 is 1.89 bits per heavy atom. The van der Waals surface area contributed by atoms with Gasteiger partial charge in [0, 0.05) is 36.0 Å². The van der Waals surface area contributed by atoms with Crippen LogP contribution in [0.4, 0.5) is 0 Å². The number of nitrogens with one attached hydrogen (secondary N) is 4. The lowest BCUT2D eigenvalue weighted by molar-refractivity contribution is -0.158. The highest BCUT2D eigenvalue weighted by Crippen LogP contribution is 2.33. The number of fused-ring (bicyclic) bond motifs is 2. The number of carbonyl (C=O) groups excluding carboxylic acids is 3. The van der Waals surface area contributed by atoms with Gasteiger partial charge in [0.25, 0.3) is 0 Å². The van der Waals surface area contributed by atoms with Crippen molar-refractivity contribution in [1.29, 1.82) is 0 Å². The predicted molar refractivity (Wildman–Crippen MR) is 168 cm³/mol. The zero-order valence-electron chi connectivity index (χ0n) is 25.2. The molecule has 4 N–H and O–H groups in total. The fourth-order valence-electron chi connectivity index (χ4n) is 5.69. The first-order valence-corrected chi connectivity index (χ1v) is 15.1. The van der Waals surface area contributed by atoms with Gasteiger partial charge in [-0.1, -0.05) is 18.2 Å². The van der Waals surface area contributed by atoms with Gasteiger partial charge in [-0.15, -0.1) is 10.2 Å². The molecule has 45 heavy (non-hydrogen) atoms. The number of likely N-dealkylation sites (tertiary alicyclic amines) is 1. The number of benzene rings is 2. The average Bonchev–Trinajstić information content (AvgIpc) is 3.83. The van der Waals surface area contributed by atoms with E-state index in [1.165, 1.54) is 12.0 Å². The highest BCUT2D eigenvalue weighted by atomic mass is 16.5. The number of hydrogen-bond acceptors (Lipinski definition) is 9. The number of likely N-dealkylation sites (N-methyl/N-ethyl adjacent to an activating group) is 1. The van der Waals surface area contributed by atoms with Crippen LogP contribution in [0.5, 0.6) is 0 Å². The number of unbranched alkanes of at least 4 members (excludes halogenated alkanes) is 1. The Kier molecular flexibility index (Phi) is 8.78. The van der Waals surface area contributed by atoms with Crippen LogP contribution in [0, 0.1) is 0 Å². The lowest BCUT2D eigenvalue weighted by atomic mass is 10.1. The highest BCUT2D eigenvalue weighted by molar-refractivity contribution is 6.32. The number of rotatable bonds is 10. The Labute approximate surface area is 259 Å². The maximum Gasteiger partial charge on any atom is 0.396 e. The smallest absolute Gasteiger partial charge is 0.396 e. The normalized spacial score (nSPS) is 14.7. The van der Waals surface area contributed by atoms with Crippen molar-refractivity contribution in [1.82, 2.24) is 45.7 Å². The number of nitrogens with zero attached hydrogens (tertiary/aromatic N) is 5. The van der Waals surface area contributed by atoms with Crippen molar-refractivity contribution in [3.63, 3.8) is 0 Å². The molecule has 13 heteroatoms. The van der Waals surface area contributed by atoms with E-state index in [2.05, 4.69) is 40.5 Å². The first-order valence-electron chi connectivity index (χ1n) is 15.1. The van der Waals surface area contributed by atoms with Crippen molar-refractivity contribution in [2.75, 3.05) is 33.8 Å². The van der Waals surface area contributed by atoms with Gasteiger partial charge in [-0.3, -0.25) is 9.59 Å². The maximum atomic E-state index is 12.5. The topological polar surface area (TPSA) is 171 Å². The molecular weight excluding hydrogens is 574 g/mol. The molecule has 0 saturated carbocycles. The molecule has 1 aliphatic rings. The Morgan fingerprint density at radius 3 is 2.73 bits per heavy atom. The van der Waals surface area contributed by atoms with Crippen LogP contribution < -0.4 is 10.6 Å². The average molecular weight is 610 g/mol. The Hall–Kier alpha value is -5.17. The maximum absolute atomic E-state index is 12.5. The van der Waals surface area contributed by atoms with E-state index in [4.69, 9.17) is 4.98 Å². The van der Waals surface area contributed by atoms with Gasteiger partial charge >= 0.3 is 11.9 Å². The minimum absolute atomic E-state index is 0.00213. The molecule has 1 aliphatic heterocycles. The number of amides is 2. The van der Waals surface area contributed by atoms with Crippen molar-refractivity contribution < 1.29 is 19.1 Å². The van der Waals surface area contributed by atoms with Crippen molar-refractivity contribution in [2.45, 2.75) is 38.1 Å². The SMILES string of the molecule is CNCC(=O)NCCCCc1ncc(-c2ccc3cc(-c4ccc5nc(C6CCCN6C(=O)C(=O)OC)[nH]c5c4)nnc3c2)[nH]1. The number of aromatic amines is 2. The van der Waals surface area contributed by atoms with Gasteiger partial charge in [-0.2, -0.15) is 0 Å². The summed E-state index contributed by atoms with van der Waals surface area (Å²) < 4.78 is 4.63. The number of H-pyrrole nitrogens is 2. The molecule has 6 rings (SSSR count). The second-order valence-corrected chi connectivity index (χ2v) is 11.1. The van der Waals surface area contributed by atoms with E-state index in [0.717, 1.165) is 76.0 Å². The number of aryl methyl sites for hydroxylation is 1. The van der Waals surface area contributed by atoms with Crippen LogP contribution in [0.3, 0.4) is 0 Å². The van der Waals surface area contributed by atoms with Crippen molar-refractivity contribution in [3.05, 3.63) is 60.3 Å². The van der Waals surface area contributed by atoms with Crippen molar-refractivity contribution in [3.8, 4) is 22.5 Å². The third-order valence-electron chi connectivity index (χ3n) is 8.01. The minimum atomic E-state index is -0.868. The third kappa shape index (κ3) is 6.53. The summed E-state index contributed by atoms with van der Waals surface area (Å²) in [4.78, 5) is 53.4. The van der Waals surface area contributed by atoms with E-state index < -0.39 is 11.9 Å². The molecule has 1 atom stereocenters. The number of aromatic nitrogens is 6. The molecule has 2 amide bonds. The molecule has 3 aromatic heterocycles. The van der Waals surface area contributed by atoms with Crippen LogP contribution in [0.1, 0.15) is 43.4 Å². The van der Waals surface area contributed by atoms with E-state index in [0.29, 0.717) is 31.9 Å². The van der Waals surface area contributed by atoms with Crippen LogP contribution in [-0.2, 0) is 25.5 Å². The summed E-state index contributed by atoms with van der Waals surface area (Å²) in [5, 5.41) is 15.7. The molecular formula is C32H35N9O4. The lowest BCUT2D eigenvalue weighted by Crippen LogP contribution is -2.37. The molecule has 0 radical (unpaired) electrons. The van der Waals surface area contributed by atoms with Gasteiger partial charge in [0.05, 0.1) is 53.8 Å². The summed E-state index contributed by atoms with van der Waals surface area (Å²) in [7, 11) is 2.96. The lowest BCUT2D eigenvalue weighted by Gasteiger charge is -2.21. The van der Waals surface area contributed by atoms with Gasteiger partial charge in [-0.05, 0) is 57.0 Å². The quantitative estimate of drug-likeness (QED) is 0.106. The van der Waals surface area contributed by atoms with Crippen LogP contribution in [0.15, 0.2) is 48.7 Å². The number of methoxy groups -OCH3 is 1. The number of hydrogen-bond donors (Lipinski definition) is 4. The van der Waals surface area contributed by atoms with Crippen LogP contribution in [-0.4, -0.2) is 86.6 Å². The van der Waals surface area contributed by atoms with Crippen LogP contribution in [0.25, 0.3) is 44.5 Å². The molecule has 0 aliphatic carbocycles. The summed E-state index contributed by atoms with van der Waals surface area (Å²) in [5.41, 5.74) is 5.83. The van der Waals surface area contributed by atoms with E-state index in [1.54, 1.807) is 7.05 Å². The van der Waals surface area contributed by atoms with Gasteiger partial charge in [0.1, 0.15) is 11.6 Å². The molecule has 1 fully saturated rings. The second-order valence-electron chi connectivity index (χ2n) is 11.1. The van der Waals surface area contributed by atoms with Crippen LogP contribution in [0.2, 0.25) is 0 Å². The van der Waals surface area contributed by atoms with Crippen LogP contribution >= 0.6 is 0 Å². The number of esters is 1. The first kappa shape index (κ1) is 29.9. The largest absolute Gasteiger partial charge is 0.462 e. The van der Waals surface area contributed by atoms with E-state index in [9.17, 15) is 14.4 Å². The van der Waals surface area contributed by atoms with Gasteiger partial charge in [-0.25, -0.2) is 14.8 Å². The number of ether oxygens (including phenoxy) is 1. The molecule has 1 saturated heterocycles. The Bertz CT molecular complexity index is 1860. The number of imidazole rings is 2. The van der Waals surface area contributed by atoms with E-state index >= 15 is 0 Å². The fraction of sp³-hybridized carbons (Fsp3) is 0.344.